The Labute approximate surface area is 292 Å². The molecular weight excluding hydrogens is 612 g/mol. The number of esters is 1. The highest BCUT2D eigenvalue weighted by atomic mass is 16.7. The third-order valence-electron chi connectivity index (χ3n) is 8.87. The Morgan fingerprint density at radius 2 is 1.21 bits per heavy atom. The number of ether oxygens (including phenoxy) is 4. The Morgan fingerprint density at radius 1 is 0.667 bits per heavy atom. The van der Waals surface area contributed by atoms with E-state index >= 15 is 0 Å². The van der Waals surface area contributed by atoms with Crippen LogP contribution < -0.4 is 0 Å². The van der Waals surface area contributed by atoms with Crippen LogP contribution in [0.2, 0.25) is 0 Å². The lowest BCUT2D eigenvalue weighted by atomic mass is 9.99. The minimum atomic E-state index is -1.53. The molecule has 6 atom stereocenters. The number of hydrogen-bond acceptors (Lipinski definition) is 9. The summed E-state index contributed by atoms with van der Waals surface area (Å²) in [6.07, 6.45) is 26.3. The maximum atomic E-state index is 12.7. The second kappa shape index (κ2) is 31.6. The van der Waals surface area contributed by atoms with Crippen molar-refractivity contribution >= 4 is 5.97 Å². The molecule has 4 N–H and O–H groups in total. The molecule has 0 radical (unpaired) electrons. The topological polar surface area (TPSA) is 135 Å². The first-order valence-corrected chi connectivity index (χ1v) is 19.4. The molecule has 1 saturated heterocycles. The van der Waals surface area contributed by atoms with Gasteiger partial charge in [-0.1, -0.05) is 128 Å². The lowest BCUT2D eigenvalue weighted by Gasteiger charge is -2.39. The summed E-state index contributed by atoms with van der Waals surface area (Å²) < 4.78 is 22.7. The van der Waals surface area contributed by atoms with Gasteiger partial charge in [0.05, 0.1) is 19.8 Å². The van der Waals surface area contributed by atoms with Gasteiger partial charge in [-0.2, -0.15) is 0 Å². The minimum Gasteiger partial charge on any atom is -0.457 e. The van der Waals surface area contributed by atoms with Gasteiger partial charge in [0.25, 0.3) is 0 Å². The van der Waals surface area contributed by atoms with Crippen molar-refractivity contribution in [2.75, 3.05) is 26.4 Å². The van der Waals surface area contributed by atoms with Gasteiger partial charge in [0.15, 0.2) is 6.29 Å². The van der Waals surface area contributed by atoms with Crippen molar-refractivity contribution in [1.29, 1.82) is 0 Å². The summed E-state index contributed by atoms with van der Waals surface area (Å²) in [5.41, 5.74) is 0. The van der Waals surface area contributed by atoms with Gasteiger partial charge in [0.2, 0.25) is 0 Å². The number of aliphatic hydroxyl groups excluding tert-OH is 4. The third kappa shape index (κ3) is 23.1. The Hall–Kier alpha value is -1.33. The third-order valence-corrected chi connectivity index (χ3v) is 8.87. The summed E-state index contributed by atoms with van der Waals surface area (Å²) in [7, 11) is 0. The van der Waals surface area contributed by atoms with Crippen LogP contribution in [-0.2, 0) is 23.7 Å². The number of carbonyl (C=O) groups is 1. The van der Waals surface area contributed by atoms with Crippen molar-refractivity contribution in [3.8, 4) is 0 Å². The van der Waals surface area contributed by atoms with Gasteiger partial charge in [-0.25, -0.2) is 0 Å². The molecule has 0 bridgehead atoms. The molecule has 0 aromatic heterocycles. The molecule has 9 heteroatoms. The van der Waals surface area contributed by atoms with Crippen LogP contribution in [0.25, 0.3) is 0 Å². The zero-order valence-corrected chi connectivity index (χ0v) is 30.5. The van der Waals surface area contributed by atoms with E-state index in [2.05, 4.69) is 38.2 Å². The van der Waals surface area contributed by atoms with Crippen LogP contribution >= 0.6 is 0 Å². The van der Waals surface area contributed by atoms with Crippen molar-refractivity contribution in [3.63, 3.8) is 0 Å². The summed E-state index contributed by atoms with van der Waals surface area (Å²) in [6.45, 7) is 4.50. The maximum absolute atomic E-state index is 12.7. The summed E-state index contributed by atoms with van der Waals surface area (Å²) >= 11 is 0. The second-order valence-electron chi connectivity index (χ2n) is 13.4. The van der Waals surface area contributed by atoms with Gasteiger partial charge in [-0.15, -0.1) is 0 Å². The van der Waals surface area contributed by atoms with E-state index in [9.17, 15) is 25.2 Å². The lowest BCUT2D eigenvalue weighted by molar-refractivity contribution is -0.305. The normalized spacial score (nSPS) is 22.2. The van der Waals surface area contributed by atoms with Crippen molar-refractivity contribution < 1.29 is 44.2 Å². The van der Waals surface area contributed by atoms with E-state index in [1.165, 1.54) is 77.0 Å². The second-order valence-corrected chi connectivity index (χ2v) is 13.4. The molecule has 0 aliphatic carbocycles. The van der Waals surface area contributed by atoms with E-state index in [4.69, 9.17) is 18.9 Å². The average molecular weight is 685 g/mol. The highest BCUT2D eigenvalue weighted by Crippen LogP contribution is 2.22. The van der Waals surface area contributed by atoms with Crippen LogP contribution in [0.5, 0.6) is 0 Å². The molecule has 48 heavy (non-hydrogen) atoms. The number of aliphatic hydroxyl groups is 4. The molecule has 9 nitrogen and oxygen atoms in total. The van der Waals surface area contributed by atoms with E-state index < -0.39 is 43.4 Å². The molecule has 282 valence electrons. The first-order valence-electron chi connectivity index (χ1n) is 19.4. The Balaban J connectivity index is 2.33. The average Bonchev–Trinajstić information content (AvgIpc) is 3.08. The maximum Gasteiger partial charge on any atom is 0.306 e. The molecule has 0 aromatic carbocycles. The molecular formula is C39H72O9. The van der Waals surface area contributed by atoms with E-state index in [0.29, 0.717) is 13.0 Å². The highest BCUT2D eigenvalue weighted by molar-refractivity contribution is 5.69. The number of unbranched alkanes of at least 4 members (excludes halogenated alkanes) is 17. The zero-order chi connectivity index (χ0) is 35.1. The summed E-state index contributed by atoms with van der Waals surface area (Å²) in [5.74, 6) is -0.328. The quantitative estimate of drug-likeness (QED) is 0.0323. The van der Waals surface area contributed by atoms with Crippen LogP contribution in [-0.4, -0.2) is 89.6 Å². The molecule has 0 amide bonds. The fourth-order valence-electron chi connectivity index (χ4n) is 5.76. The SMILES string of the molecule is CCCCC/C=C\C/C=C\CCCCCCCC(=O)OC(COCCCCCCCCCCCC)COC1OC(CO)C(O)C(O)C1O. The summed E-state index contributed by atoms with van der Waals surface area (Å²) in [4.78, 5) is 12.7. The predicted molar refractivity (Wildman–Crippen MR) is 192 cm³/mol. The van der Waals surface area contributed by atoms with E-state index in [1.54, 1.807) is 0 Å². The molecule has 1 fully saturated rings. The van der Waals surface area contributed by atoms with Crippen molar-refractivity contribution in [2.45, 2.75) is 192 Å². The van der Waals surface area contributed by atoms with Crippen molar-refractivity contribution in [1.82, 2.24) is 0 Å². The Morgan fingerprint density at radius 3 is 1.83 bits per heavy atom. The monoisotopic (exact) mass is 685 g/mol. The van der Waals surface area contributed by atoms with Gasteiger partial charge < -0.3 is 39.4 Å². The van der Waals surface area contributed by atoms with Crippen molar-refractivity contribution in [3.05, 3.63) is 24.3 Å². The first kappa shape index (κ1) is 44.7. The van der Waals surface area contributed by atoms with Crippen LogP contribution in [0.3, 0.4) is 0 Å². The largest absolute Gasteiger partial charge is 0.457 e. The zero-order valence-electron chi connectivity index (χ0n) is 30.5. The fourth-order valence-corrected chi connectivity index (χ4v) is 5.76. The molecule has 6 unspecified atom stereocenters. The molecule has 1 heterocycles. The molecule has 1 rings (SSSR count). The smallest absolute Gasteiger partial charge is 0.306 e. The van der Waals surface area contributed by atoms with E-state index in [1.807, 2.05) is 0 Å². The van der Waals surface area contributed by atoms with Gasteiger partial charge in [-0.3, -0.25) is 4.79 Å². The molecule has 1 aliphatic heterocycles. The van der Waals surface area contributed by atoms with Gasteiger partial charge in [-0.05, 0) is 44.9 Å². The minimum absolute atomic E-state index is 0.116. The highest BCUT2D eigenvalue weighted by Gasteiger charge is 2.44. The fraction of sp³-hybridized carbons (Fsp3) is 0.872. The molecule has 0 saturated carbocycles. The predicted octanol–water partition coefficient (Wildman–Crippen LogP) is 7.47. The van der Waals surface area contributed by atoms with Crippen LogP contribution in [0.15, 0.2) is 24.3 Å². The summed E-state index contributed by atoms with van der Waals surface area (Å²) in [5, 5.41) is 39.9. The molecule has 0 aromatic rings. The van der Waals surface area contributed by atoms with Crippen molar-refractivity contribution in [2.24, 2.45) is 0 Å². The Kier molecular flexibility index (Phi) is 29.5. The molecule has 1 aliphatic rings. The standard InChI is InChI=1S/C39H72O9/c1-3-5-7-9-11-13-15-16-17-18-19-20-22-24-26-28-35(41)47-33(31-45-29-27-25-23-21-14-12-10-8-6-4-2)32-46-39-38(44)37(43)36(42)34(30-40)48-39/h11,13,16-17,33-34,36-40,42-44H,3-10,12,14-15,18-32H2,1-2H3/b13-11-,17-16-. The number of allylic oxidation sites excluding steroid dienone is 4. The number of rotatable bonds is 32. The molecule has 0 spiro atoms. The van der Waals surface area contributed by atoms with Gasteiger partial charge in [0.1, 0.15) is 30.5 Å². The van der Waals surface area contributed by atoms with Crippen LogP contribution in [0.4, 0.5) is 0 Å². The first-order chi connectivity index (χ1) is 23.4. The van der Waals surface area contributed by atoms with Crippen LogP contribution in [0, 0.1) is 0 Å². The lowest BCUT2D eigenvalue weighted by Crippen LogP contribution is -2.59. The van der Waals surface area contributed by atoms with E-state index in [0.717, 1.165) is 57.8 Å². The van der Waals surface area contributed by atoms with Crippen LogP contribution in [0.1, 0.15) is 155 Å². The summed E-state index contributed by atoms with van der Waals surface area (Å²) in [6, 6.07) is 0. The van der Waals surface area contributed by atoms with E-state index in [-0.39, 0.29) is 19.2 Å². The number of hydrogen-bond donors (Lipinski definition) is 4. The Bertz CT molecular complexity index is 787. The number of carbonyl (C=O) groups excluding carboxylic acids is 1. The van der Waals surface area contributed by atoms with Gasteiger partial charge in [0, 0.05) is 13.0 Å². The van der Waals surface area contributed by atoms with Gasteiger partial charge >= 0.3 is 5.97 Å².